The van der Waals surface area contributed by atoms with Crippen molar-refractivity contribution in [2.24, 2.45) is 0 Å². The molecule has 14 heteroatoms. The van der Waals surface area contributed by atoms with E-state index in [1.807, 2.05) is 36.4 Å². The first-order chi connectivity index (χ1) is 24.4. The molecule has 2 saturated heterocycles. The van der Waals surface area contributed by atoms with Gasteiger partial charge < -0.3 is 46.3 Å². The van der Waals surface area contributed by atoms with Crippen LogP contribution in [-0.2, 0) is 4.79 Å². The lowest BCUT2D eigenvalue weighted by Crippen LogP contribution is -2.47. The molecule has 4 aromatic rings. The van der Waals surface area contributed by atoms with Crippen LogP contribution in [0.15, 0.2) is 67.0 Å². The van der Waals surface area contributed by atoms with E-state index in [2.05, 4.69) is 55.7 Å². The third kappa shape index (κ3) is 7.23. The Morgan fingerprint density at radius 2 is 1.66 bits per heavy atom. The molecule has 2 aromatic heterocycles. The largest absolute Gasteiger partial charge is 0.388 e. The molecular formula is C36H46N10O4. The Balaban J connectivity index is 1.18. The summed E-state index contributed by atoms with van der Waals surface area (Å²) in [5, 5.41) is 37.9. The molecule has 1 aliphatic carbocycles. The Morgan fingerprint density at radius 1 is 0.940 bits per heavy atom. The third-order valence-electron chi connectivity index (χ3n) is 10.2. The van der Waals surface area contributed by atoms with Crippen molar-refractivity contribution in [2.75, 3.05) is 42.9 Å². The van der Waals surface area contributed by atoms with E-state index < -0.39 is 24.3 Å². The molecule has 3 aliphatic rings. The summed E-state index contributed by atoms with van der Waals surface area (Å²) in [6.07, 6.45) is 1.58. The lowest BCUT2D eigenvalue weighted by atomic mass is 9.91. The zero-order chi connectivity index (χ0) is 34.6. The van der Waals surface area contributed by atoms with Gasteiger partial charge in [-0.1, -0.05) is 67.6 Å². The molecular weight excluding hydrogens is 636 g/mol. The molecule has 0 radical (unpaired) electrons. The molecule has 4 heterocycles. The van der Waals surface area contributed by atoms with Crippen LogP contribution < -0.4 is 31.5 Å². The highest BCUT2D eigenvalue weighted by Crippen LogP contribution is 2.35. The van der Waals surface area contributed by atoms with Gasteiger partial charge in [-0.2, -0.15) is 9.97 Å². The third-order valence-corrected chi connectivity index (χ3v) is 10.2. The van der Waals surface area contributed by atoms with Crippen molar-refractivity contribution in [1.82, 2.24) is 40.8 Å². The second-order valence-corrected chi connectivity index (χ2v) is 13.5. The van der Waals surface area contributed by atoms with Crippen molar-refractivity contribution >= 4 is 34.9 Å². The second-order valence-electron chi connectivity index (χ2n) is 13.5. The predicted molar refractivity (Wildman–Crippen MR) is 190 cm³/mol. The van der Waals surface area contributed by atoms with E-state index in [1.165, 1.54) is 0 Å². The van der Waals surface area contributed by atoms with Gasteiger partial charge in [-0.25, -0.2) is 9.78 Å². The quantitative estimate of drug-likeness (QED) is 0.123. The Kier molecular flexibility index (Phi) is 10.1. The minimum atomic E-state index is -1.14. The molecule has 2 unspecified atom stereocenters. The minimum Gasteiger partial charge on any atom is -0.388 e. The molecule has 14 nitrogen and oxygen atoms in total. The summed E-state index contributed by atoms with van der Waals surface area (Å²) in [5.41, 5.74) is 3.36. The molecule has 2 aromatic carbocycles. The van der Waals surface area contributed by atoms with Crippen molar-refractivity contribution in [2.45, 2.75) is 74.9 Å². The van der Waals surface area contributed by atoms with Gasteiger partial charge in [0.2, 0.25) is 11.9 Å². The Bertz CT molecular complexity index is 1730. The molecule has 7 N–H and O–H groups in total. The van der Waals surface area contributed by atoms with Gasteiger partial charge in [0.15, 0.2) is 17.0 Å². The fourth-order valence-electron chi connectivity index (χ4n) is 7.40. The first-order valence-corrected chi connectivity index (χ1v) is 17.6. The SMILES string of the molecule is CCC(=O)N[C@H]1C[C@@H](n2cnc3c(NCC(c4ccccc4)c4ccccc4)nc(N4CCC(NC(=O)NC5CCNC5)C4)nc32)[C@H](O)[C@@H]1O. The summed E-state index contributed by atoms with van der Waals surface area (Å²) in [6, 6.07) is 19.3. The fourth-order valence-corrected chi connectivity index (χ4v) is 7.40. The molecule has 0 bridgehead atoms. The van der Waals surface area contributed by atoms with Crippen LogP contribution in [-0.4, -0.2) is 105 Å². The van der Waals surface area contributed by atoms with Crippen LogP contribution in [0.1, 0.15) is 55.7 Å². The number of urea groups is 1. The lowest BCUT2D eigenvalue weighted by molar-refractivity contribution is -0.122. The normalized spacial score (nSPS) is 24.9. The van der Waals surface area contributed by atoms with Crippen molar-refractivity contribution < 1.29 is 19.8 Å². The van der Waals surface area contributed by atoms with Gasteiger partial charge in [-0.15, -0.1) is 0 Å². The van der Waals surface area contributed by atoms with E-state index in [1.54, 1.807) is 17.8 Å². The number of amides is 3. The van der Waals surface area contributed by atoms with Crippen molar-refractivity contribution in [3.8, 4) is 0 Å². The molecule has 7 rings (SSSR count). The monoisotopic (exact) mass is 682 g/mol. The summed E-state index contributed by atoms with van der Waals surface area (Å²) >= 11 is 0. The molecule has 6 atom stereocenters. The van der Waals surface area contributed by atoms with Gasteiger partial charge >= 0.3 is 6.03 Å². The van der Waals surface area contributed by atoms with E-state index in [4.69, 9.17) is 15.0 Å². The highest BCUT2D eigenvalue weighted by molar-refractivity contribution is 5.85. The number of nitrogens with zero attached hydrogens (tertiary/aromatic N) is 5. The van der Waals surface area contributed by atoms with E-state index in [-0.39, 0.29) is 36.4 Å². The molecule has 3 fully saturated rings. The number of aliphatic hydroxyl groups excluding tert-OH is 2. The summed E-state index contributed by atoms with van der Waals surface area (Å²) < 4.78 is 1.79. The van der Waals surface area contributed by atoms with Crippen LogP contribution in [0.25, 0.3) is 11.2 Å². The van der Waals surface area contributed by atoms with E-state index >= 15 is 0 Å². The average Bonchev–Trinajstić information content (AvgIpc) is 3.95. The van der Waals surface area contributed by atoms with Crippen molar-refractivity contribution in [3.05, 3.63) is 78.1 Å². The van der Waals surface area contributed by atoms with E-state index in [0.29, 0.717) is 49.0 Å². The van der Waals surface area contributed by atoms with Gasteiger partial charge in [-0.05, 0) is 36.9 Å². The number of rotatable bonds is 11. The zero-order valence-electron chi connectivity index (χ0n) is 28.2. The maximum Gasteiger partial charge on any atom is 0.315 e. The van der Waals surface area contributed by atoms with Crippen molar-refractivity contribution in [3.63, 3.8) is 0 Å². The number of hydrogen-bond donors (Lipinski definition) is 7. The lowest BCUT2D eigenvalue weighted by Gasteiger charge is -2.22. The average molecular weight is 683 g/mol. The predicted octanol–water partition coefficient (Wildman–Crippen LogP) is 1.87. The number of aliphatic hydroxyl groups is 2. The van der Waals surface area contributed by atoms with E-state index in [0.717, 1.165) is 37.1 Å². The highest BCUT2D eigenvalue weighted by atomic mass is 16.3. The highest BCUT2D eigenvalue weighted by Gasteiger charge is 2.44. The molecule has 0 spiro atoms. The standard InChI is InChI=1S/C36H46N10O4/c1-2-29(47)42-27-17-28(32(49)31(27)48)46-21-39-30-33(38-19-26(22-9-5-3-6-10-22)23-11-7-4-8-12-23)43-35(44-34(30)46)45-16-14-25(20-45)41-36(50)40-24-13-15-37-18-24/h3-12,21,24-28,31-32,37,48-49H,2,13-20H2,1H3,(H,42,47)(H,38,43,44)(H2,40,41,50)/t24?,25?,27-,28+,31+,32-/m0/s1. The summed E-state index contributed by atoms with van der Waals surface area (Å²) in [6.45, 7) is 5.12. The number of aromatic nitrogens is 4. The molecule has 50 heavy (non-hydrogen) atoms. The Morgan fingerprint density at radius 3 is 2.34 bits per heavy atom. The first-order valence-electron chi connectivity index (χ1n) is 17.6. The zero-order valence-corrected chi connectivity index (χ0v) is 28.2. The number of anilines is 2. The number of nitrogens with one attached hydrogen (secondary N) is 5. The number of fused-ring (bicyclic) bond motifs is 1. The summed E-state index contributed by atoms with van der Waals surface area (Å²) in [4.78, 5) is 41.7. The second kappa shape index (κ2) is 15.0. The number of carbonyl (C=O) groups excluding carboxylic acids is 2. The number of benzene rings is 2. The molecule has 3 amide bonds. The van der Waals surface area contributed by atoms with E-state index in [9.17, 15) is 19.8 Å². The molecule has 264 valence electrons. The van der Waals surface area contributed by atoms with Gasteiger partial charge in [0.1, 0.15) is 12.2 Å². The minimum absolute atomic E-state index is 0.0247. The Labute approximate surface area is 291 Å². The van der Waals surface area contributed by atoms with Crippen LogP contribution in [0.4, 0.5) is 16.6 Å². The smallest absolute Gasteiger partial charge is 0.315 e. The van der Waals surface area contributed by atoms with Crippen LogP contribution in [0.5, 0.6) is 0 Å². The number of carbonyl (C=O) groups is 2. The van der Waals surface area contributed by atoms with Crippen LogP contribution in [0.3, 0.4) is 0 Å². The van der Waals surface area contributed by atoms with Gasteiger partial charge in [0.25, 0.3) is 0 Å². The first kappa shape index (κ1) is 33.7. The maximum atomic E-state index is 12.7. The van der Waals surface area contributed by atoms with Crippen LogP contribution >= 0.6 is 0 Å². The maximum absolute atomic E-state index is 12.7. The van der Waals surface area contributed by atoms with Crippen LogP contribution in [0.2, 0.25) is 0 Å². The van der Waals surface area contributed by atoms with Gasteiger partial charge in [-0.3, -0.25) is 4.79 Å². The van der Waals surface area contributed by atoms with Gasteiger partial charge in [0, 0.05) is 50.6 Å². The molecule has 2 aliphatic heterocycles. The van der Waals surface area contributed by atoms with Gasteiger partial charge in [0.05, 0.1) is 18.4 Å². The fraction of sp³-hybridized carbons (Fsp3) is 0.472. The van der Waals surface area contributed by atoms with Crippen molar-refractivity contribution in [1.29, 1.82) is 0 Å². The topological polar surface area (TPSA) is 182 Å². The molecule has 1 saturated carbocycles. The Hall–Kier alpha value is -4.79. The number of imidazole rings is 1. The summed E-state index contributed by atoms with van der Waals surface area (Å²) in [7, 11) is 0. The summed E-state index contributed by atoms with van der Waals surface area (Å²) in [5.74, 6) is 0.862. The van der Waals surface area contributed by atoms with Crippen LogP contribution in [0, 0.1) is 0 Å². The number of hydrogen-bond acceptors (Lipinski definition) is 10.